The lowest BCUT2D eigenvalue weighted by Gasteiger charge is -2.14. The zero-order valence-electron chi connectivity index (χ0n) is 16.3. The summed E-state index contributed by atoms with van der Waals surface area (Å²) in [5, 5.41) is 2.84. The summed E-state index contributed by atoms with van der Waals surface area (Å²) in [6.07, 6.45) is 3.21. The minimum atomic E-state index is -0.226. The van der Waals surface area contributed by atoms with Crippen LogP contribution < -0.4 is 24.3 Å². The van der Waals surface area contributed by atoms with Crippen LogP contribution in [0.4, 0.5) is 0 Å². The minimum Gasteiger partial charge on any atom is -0.496 e. The zero-order valence-corrected chi connectivity index (χ0v) is 16.3. The maximum Gasteiger partial charge on any atom is 0.244 e. The Morgan fingerprint density at radius 2 is 1.52 bits per heavy atom. The molecule has 0 atom stereocenters. The Morgan fingerprint density at radius 1 is 0.889 bits per heavy atom. The van der Waals surface area contributed by atoms with Gasteiger partial charge in [-0.25, -0.2) is 0 Å². The smallest absolute Gasteiger partial charge is 0.244 e. The molecule has 0 bridgehead atoms. The third-order valence-electron chi connectivity index (χ3n) is 4.04. The third-order valence-corrected chi connectivity index (χ3v) is 4.04. The largest absolute Gasteiger partial charge is 0.496 e. The molecule has 1 N–H and O–H groups in total. The van der Waals surface area contributed by atoms with Crippen molar-refractivity contribution in [2.24, 2.45) is 0 Å². The van der Waals surface area contributed by atoms with Crippen LogP contribution in [0.15, 0.2) is 36.4 Å². The van der Waals surface area contributed by atoms with E-state index in [1.54, 1.807) is 46.6 Å². The van der Waals surface area contributed by atoms with Crippen molar-refractivity contribution < 1.29 is 23.7 Å². The number of carbonyl (C=O) groups excluding carboxylic acids is 1. The average molecular weight is 371 g/mol. The van der Waals surface area contributed by atoms with E-state index in [1.165, 1.54) is 6.08 Å². The number of benzene rings is 2. The van der Waals surface area contributed by atoms with Gasteiger partial charge in [-0.3, -0.25) is 4.79 Å². The summed E-state index contributed by atoms with van der Waals surface area (Å²) in [7, 11) is 6.29. The monoisotopic (exact) mass is 371 g/mol. The van der Waals surface area contributed by atoms with E-state index in [-0.39, 0.29) is 12.5 Å². The summed E-state index contributed by atoms with van der Waals surface area (Å²) in [5.41, 5.74) is 2.72. The van der Waals surface area contributed by atoms with E-state index in [0.717, 1.165) is 16.7 Å². The molecule has 0 aromatic heterocycles. The van der Waals surface area contributed by atoms with Gasteiger partial charge in [-0.2, -0.15) is 0 Å². The molecule has 6 nitrogen and oxygen atoms in total. The topological polar surface area (TPSA) is 66.0 Å². The van der Waals surface area contributed by atoms with Crippen LogP contribution in [0.25, 0.3) is 6.08 Å². The summed E-state index contributed by atoms with van der Waals surface area (Å²) in [5.74, 6) is 2.23. The normalized spacial score (nSPS) is 10.6. The molecule has 2 aromatic rings. The molecule has 1 amide bonds. The Balaban J connectivity index is 2.10. The number of rotatable bonds is 8. The molecule has 0 aliphatic rings. The molecular weight excluding hydrogens is 346 g/mol. The van der Waals surface area contributed by atoms with E-state index in [4.69, 9.17) is 18.9 Å². The van der Waals surface area contributed by atoms with E-state index >= 15 is 0 Å². The lowest BCUT2D eigenvalue weighted by atomic mass is 10.1. The molecular formula is C21H25NO5. The van der Waals surface area contributed by atoms with Gasteiger partial charge in [-0.1, -0.05) is 11.6 Å². The van der Waals surface area contributed by atoms with E-state index in [0.29, 0.717) is 23.0 Å². The highest BCUT2D eigenvalue weighted by Crippen LogP contribution is 2.34. The van der Waals surface area contributed by atoms with Crippen molar-refractivity contribution in [3.8, 4) is 23.0 Å². The first-order valence-corrected chi connectivity index (χ1v) is 8.41. The van der Waals surface area contributed by atoms with Gasteiger partial charge in [0.15, 0.2) is 11.5 Å². The van der Waals surface area contributed by atoms with Crippen LogP contribution in [-0.4, -0.2) is 34.3 Å². The van der Waals surface area contributed by atoms with Crippen LogP contribution in [-0.2, 0) is 11.3 Å². The molecule has 27 heavy (non-hydrogen) atoms. The maximum absolute atomic E-state index is 12.2. The van der Waals surface area contributed by atoms with Gasteiger partial charge in [0.05, 0.1) is 28.4 Å². The number of hydrogen-bond donors (Lipinski definition) is 1. The third kappa shape index (κ3) is 5.17. The molecule has 0 spiro atoms. The molecule has 0 saturated carbocycles. The molecule has 144 valence electrons. The summed E-state index contributed by atoms with van der Waals surface area (Å²) >= 11 is 0. The van der Waals surface area contributed by atoms with Gasteiger partial charge in [0.1, 0.15) is 11.5 Å². The highest BCUT2D eigenvalue weighted by molar-refractivity contribution is 5.92. The number of methoxy groups -OCH3 is 4. The molecule has 6 heteroatoms. The van der Waals surface area contributed by atoms with E-state index in [1.807, 2.05) is 25.1 Å². The lowest BCUT2D eigenvalue weighted by molar-refractivity contribution is -0.116. The Bertz CT molecular complexity index is 830. The fraction of sp³-hybridized carbons (Fsp3) is 0.286. The minimum absolute atomic E-state index is 0.226. The van der Waals surface area contributed by atoms with Crippen LogP contribution in [0.2, 0.25) is 0 Å². The number of amides is 1. The van der Waals surface area contributed by atoms with Gasteiger partial charge in [0.25, 0.3) is 0 Å². The fourth-order valence-corrected chi connectivity index (χ4v) is 2.62. The predicted molar refractivity (Wildman–Crippen MR) is 105 cm³/mol. The second-order valence-corrected chi connectivity index (χ2v) is 5.82. The maximum atomic E-state index is 12.2. The highest BCUT2D eigenvalue weighted by atomic mass is 16.5. The highest BCUT2D eigenvalue weighted by Gasteiger charge is 2.12. The van der Waals surface area contributed by atoms with Gasteiger partial charge in [0, 0.05) is 29.8 Å². The van der Waals surface area contributed by atoms with Gasteiger partial charge in [-0.15, -0.1) is 0 Å². The van der Waals surface area contributed by atoms with Crippen molar-refractivity contribution in [2.45, 2.75) is 13.5 Å². The molecule has 0 unspecified atom stereocenters. The molecule has 0 saturated heterocycles. The molecule has 0 aliphatic heterocycles. The summed E-state index contributed by atoms with van der Waals surface area (Å²) < 4.78 is 21.3. The van der Waals surface area contributed by atoms with Crippen molar-refractivity contribution in [1.82, 2.24) is 5.32 Å². The summed E-state index contributed by atoms with van der Waals surface area (Å²) in [4.78, 5) is 12.2. The van der Waals surface area contributed by atoms with Crippen molar-refractivity contribution in [1.29, 1.82) is 0 Å². The number of aryl methyl sites for hydroxylation is 1. The average Bonchev–Trinajstić information content (AvgIpc) is 2.69. The van der Waals surface area contributed by atoms with Gasteiger partial charge in [-0.05, 0) is 31.2 Å². The van der Waals surface area contributed by atoms with Crippen LogP contribution in [0.3, 0.4) is 0 Å². The number of nitrogens with one attached hydrogen (secondary N) is 1. The SMILES string of the molecule is COc1ccc(C)cc1/C=C/C(=O)NCc1cc(OC)c(OC)cc1OC. The molecule has 2 rings (SSSR count). The van der Waals surface area contributed by atoms with E-state index in [9.17, 15) is 4.79 Å². The van der Waals surface area contributed by atoms with Crippen LogP contribution >= 0.6 is 0 Å². The number of ether oxygens (including phenoxy) is 4. The number of carbonyl (C=O) groups is 1. The van der Waals surface area contributed by atoms with Crippen molar-refractivity contribution >= 4 is 12.0 Å². The summed E-state index contributed by atoms with van der Waals surface area (Å²) in [6, 6.07) is 9.31. The molecule has 2 aromatic carbocycles. The van der Waals surface area contributed by atoms with Gasteiger partial charge >= 0.3 is 0 Å². The molecule has 0 fully saturated rings. The van der Waals surface area contributed by atoms with Crippen molar-refractivity contribution in [3.63, 3.8) is 0 Å². The Labute approximate surface area is 159 Å². The van der Waals surface area contributed by atoms with Crippen LogP contribution in [0.5, 0.6) is 23.0 Å². The fourth-order valence-electron chi connectivity index (χ4n) is 2.62. The van der Waals surface area contributed by atoms with Gasteiger partial charge < -0.3 is 24.3 Å². The lowest BCUT2D eigenvalue weighted by Crippen LogP contribution is -2.20. The first-order chi connectivity index (χ1) is 13.0. The van der Waals surface area contributed by atoms with Gasteiger partial charge in [0.2, 0.25) is 5.91 Å². The molecule has 0 heterocycles. The zero-order chi connectivity index (χ0) is 19.8. The van der Waals surface area contributed by atoms with Crippen molar-refractivity contribution in [2.75, 3.05) is 28.4 Å². The van der Waals surface area contributed by atoms with Crippen LogP contribution in [0, 0.1) is 6.92 Å². The molecule has 0 aliphatic carbocycles. The standard InChI is InChI=1S/C21H25NO5/c1-14-6-8-17(24-2)15(10-14)7-9-21(23)22-13-16-11-19(26-4)20(27-5)12-18(16)25-3/h6-12H,13H2,1-5H3,(H,22,23)/b9-7+. The first kappa shape index (κ1) is 20.2. The Morgan fingerprint density at radius 3 is 2.15 bits per heavy atom. The quantitative estimate of drug-likeness (QED) is 0.721. The predicted octanol–water partition coefficient (Wildman–Crippen LogP) is 3.36. The van der Waals surface area contributed by atoms with E-state index < -0.39 is 0 Å². The summed E-state index contributed by atoms with van der Waals surface area (Å²) in [6.45, 7) is 2.28. The molecule has 0 radical (unpaired) electrons. The Kier molecular flexibility index (Phi) is 7.11. The van der Waals surface area contributed by atoms with Crippen molar-refractivity contribution in [3.05, 3.63) is 53.1 Å². The number of hydrogen-bond acceptors (Lipinski definition) is 5. The second-order valence-electron chi connectivity index (χ2n) is 5.82. The van der Waals surface area contributed by atoms with E-state index in [2.05, 4.69) is 5.32 Å². The Hall–Kier alpha value is -3.15. The first-order valence-electron chi connectivity index (χ1n) is 8.41. The second kappa shape index (κ2) is 9.52. The van der Waals surface area contributed by atoms with Crippen LogP contribution in [0.1, 0.15) is 16.7 Å².